The van der Waals surface area contributed by atoms with E-state index in [9.17, 15) is 0 Å². The number of hydrogen-bond donors (Lipinski definition) is 1. The zero-order valence-electron chi connectivity index (χ0n) is 10.6. The molecule has 0 aliphatic heterocycles. The van der Waals surface area contributed by atoms with E-state index in [1.807, 2.05) is 18.3 Å². The van der Waals surface area contributed by atoms with E-state index in [0.29, 0.717) is 0 Å². The van der Waals surface area contributed by atoms with Crippen molar-refractivity contribution in [2.24, 2.45) is 0 Å². The topological polar surface area (TPSA) is 24.9 Å². The van der Waals surface area contributed by atoms with Crippen LogP contribution >= 0.6 is 15.9 Å². The van der Waals surface area contributed by atoms with Gasteiger partial charge in [0.2, 0.25) is 0 Å². The van der Waals surface area contributed by atoms with Gasteiger partial charge in [-0.2, -0.15) is 0 Å². The molecule has 0 saturated carbocycles. The molecule has 2 aromatic rings. The summed E-state index contributed by atoms with van der Waals surface area (Å²) in [6.07, 6.45) is 3.71. The van der Waals surface area contributed by atoms with Gasteiger partial charge >= 0.3 is 0 Å². The lowest BCUT2D eigenvalue weighted by Gasteiger charge is -2.21. The summed E-state index contributed by atoms with van der Waals surface area (Å²) in [7, 11) is 0. The molecule has 0 spiro atoms. The molecule has 0 saturated heterocycles. The number of nitrogens with zero attached hydrogens (tertiary/aromatic N) is 1. The first kappa shape index (κ1) is 13.2. The number of aromatic nitrogens is 1. The van der Waals surface area contributed by atoms with Crippen molar-refractivity contribution in [1.82, 2.24) is 10.3 Å². The molecule has 1 aromatic carbocycles. The molecule has 3 heteroatoms. The zero-order chi connectivity index (χ0) is 13.0. The normalized spacial score (nSPS) is 14.2. The van der Waals surface area contributed by atoms with Gasteiger partial charge in [0.1, 0.15) is 0 Å². The summed E-state index contributed by atoms with van der Waals surface area (Å²) in [5.74, 6) is 0. The molecule has 0 radical (unpaired) electrons. The standard InChI is InChI=1S/C15H17BrN2/c1-11(13-6-5-9-17-10-13)18-12(2)14-7-3-4-8-15(14)16/h3-12,18H,1-2H3/t11?,12-/m1/s1. The van der Waals surface area contributed by atoms with E-state index in [0.717, 1.165) is 4.47 Å². The first-order chi connectivity index (χ1) is 8.68. The number of hydrogen-bond acceptors (Lipinski definition) is 2. The lowest BCUT2D eigenvalue weighted by Crippen LogP contribution is -2.22. The Bertz CT molecular complexity index is 499. The lowest BCUT2D eigenvalue weighted by atomic mass is 10.1. The highest BCUT2D eigenvalue weighted by Crippen LogP contribution is 2.25. The second-order valence-electron chi connectivity index (χ2n) is 4.42. The molecule has 2 nitrogen and oxygen atoms in total. The van der Waals surface area contributed by atoms with E-state index in [2.05, 4.69) is 64.3 Å². The van der Waals surface area contributed by atoms with Crippen LogP contribution in [0.25, 0.3) is 0 Å². The van der Waals surface area contributed by atoms with E-state index in [-0.39, 0.29) is 12.1 Å². The smallest absolute Gasteiger partial charge is 0.0315 e. The second-order valence-corrected chi connectivity index (χ2v) is 5.27. The fraction of sp³-hybridized carbons (Fsp3) is 0.267. The van der Waals surface area contributed by atoms with Gasteiger partial charge in [0.05, 0.1) is 0 Å². The fourth-order valence-electron chi connectivity index (χ4n) is 2.02. The number of nitrogens with one attached hydrogen (secondary N) is 1. The third-order valence-corrected chi connectivity index (χ3v) is 3.78. The molecule has 2 atom stereocenters. The molecule has 1 N–H and O–H groups in total. The summed E-state index contributed by atoms with van der Waals surface area (Å²) in [5.41, 5.74) is 2.48. The molecule has 0 fully saturated rings. The van der Waals surface area contributed by atoms with Gasteiger partial charge in [-0.15, -0.1) is 0 Å². The third kappa shape index (κ3) is 3.18. The SMILES string of the molecule is CC(N[C@H](C)c1ccccc1Br)c1cccnc1. The van der Waals surface area contributed by atoms with E-state index >= 15 is 0 Å². The summed E-state index contributed by atoms with van der Waals surface area (Å²) in [6, 6.07) is 12.9. The van der Waals surface area contributed by atoms with Gasteiger partial charge in [-0.1, -0.05) is 40.2 Å². The minimum atomic E-state index is 0.279. The van der Waals surface area contributed by atoms with Gasteiger partial charge in [0, 0.05) is 29.0 Å². The Morgan fingerprint density at radius 3 is 2.50 bits per heavy atom. The van der Waals surface area contributed by atoms with E-state index in [1.54, 1.807) is 6.20 Å². The van der Waals surface area contributed by atoms with Crippen molar-refractivity contribution in [2.45, 2.75) is 25.9 Å². The molecule has 94 valence electrons. The highest BCUT2D eigenvalue weighted by atomic mass is 79.9. The quantitative estimate of drug-likeness (QED) is 0.913. The van der Waals surface area contributed by atoms with Gasteiger partial charge in [0.25, 0.3) is 0 Å². The maximum Gasteiger partial charge on any atom is 0.0315 e. The monoisotopic (exact) mass is 304 g/mol. The van der Waals surface area contributed by atoms with E-state index in [4.69, 9.17) is 0 Å². The van der Waals surface area contributed by atoms with Gasteiger partial charge < -0.3 is 5.32 Å². The largest absolute Gasteiger partial charge is 0.304 e. The summed E-state index contributed by atoms with van der Waals surface area (Å²) >= 11 is 3.59. The number of rotatable bonds is 4. The predicted molar refractivity (Wildman–Crippen MR) is 78.3 cm³/mol. The first-order valence-electron chi connectivity index (χ1n) is 6.09. The van der Waals surface area contributed by atoms with Gasteiger partial charge in [-0.05, 0) is 37.1 Å². The Morgan fingerprint density at radius 2 is 1.83 bits per heavy atom. The van der Waals surface area contributed by atoms with Crippen LogP contribution < -0.4 is 5.32 Å². The first-order valence-corrected chi connectivity index (χ1v) is 6.88. The van der Waals surface area contributed by atoms with Gasteiger partial charge in [-0.3, -0.25) is 4.98 Å². The molecule has 0 bridgehead atoms. The Morgan fingerprint density at radius 1 is 1.06 bits per heavy atom. The Labute approximate surface area is 117 Å². The van der Waals surface area contributed by atoms with Crippen molar-refractivity contribution in [2.75, 3.05) is 0 Å². The van der Waals surface area contributed by atoms with Crippen LogP contribution in [-0.4, -0.2) is 4.98 Å². The van der Waals surface area contributed by atoms with Crippen LogP contribution in [0.3, 0.4) is 0 Å². The van der Waals surface area contributed by atoms with E-state index in [1.165, 1.54) is 11.1 Å². The predicted octanol–water partition coefficient (Wildman–Crippen LogP) is 4.26. The Balaban J connectivity index is 2.08. The molecular weight excluding hydrogens is 288 g/mol. The number of pyridine rings is 1. The van der Waals surface area contributed by atoms with Crippen LogP contribution in [0.15, 0.2) is 53.3 Å². The van der Waals surface area contributed by atoms with Crippen LogP contribution in [0, 0.1) is 0 Å². The molecule has 1 heterocycles. The van der Waals surface area contributed by atoms with Crippen molar-refractivity contribution in [1.29, 1.82) is 0 Å². The van der Waals surface area contributed by atoms with Gasteiger partial charge in [-0.25, -0.2) is 0 Å². The Kier molecular flexibility index (Phi) is 4.50. The van der Waals surface area contributed by atoms with Crippen LogP contribution in [-0.2, 0) is 0 Å². The minimum absolute atomic E-state index is 0.279. The number of halogens is 1. The van der Waals surface area contributed by atoms with Crippen LogP contribution in [0.4, 0.5) is 0 Å². The second kappa shape index (κ2) is 6.12. The summed E-state index contributed by atoms with van der Waals surface area (Å²) < 4.78 is 1.14. The lowest BCUT2D eigenvalue weighted by molar-refractivity contribution is 0.492. The molecule has 0 aliphatic carbocycles. The summed E-state index contributed by atoms with van der Waals surface area (Å²) in [5, 5.41) is 3.58. The highest BCUT2D eigenvalue weighted by molar-refractivity contribution is 9.10. The van der Waals surface area contributed by atoms with Crippen molar-refractivity contribution in [3.63, 3.8) is 0 Å². The molecule has 0 amide bonds. The molecule has 1 aromatic heterocycles. The fourth-order valence-corrected chi connectivity index (χ4v) is 2.65. The molecule has 1 unspecified atom stereocenters. The highest BCUT2D eigenvalue weighted by Gasteiger charge is 2.12. The minimum Gasteiger partial charge on any atom is -0.304 e. The maximum absolute atomic E-state index is 4.15. The average molecular weight is 305 g/mol. The third-order valence-electron chi connectivity index (χ3n) is 3.06. The van der Waals surface area contributed by atoms with Crippen molar-refractivity contribution in [3.05, 3.63) is 64.4 Å². The molecular formula is C15H17BrN2. The Hall–Kier alpha value is -1.19. The molecule has 18 heavy (non-hydrogen) atoms. The van der Waals surface area contributed by atoms with Crippen LogP contribution in [0.1, 0.15) is 37.1 Å². The summed E-state index contributed by atoms with van der Waals surface area (Å²) in [4.78, 5) is 4.15. The van der Waals surface area contributed by atoms with Gasteiger partial charge in [0.15, 0.2) is 0 Å². The number of benzene rings is 1. The maximum atomic E-state index is 4.15. The molecule has 2 rings (SSSR count). The van der Waals surface area contributed by atoms with E-state index < -0.39 is 0 Å². The average Bonchev–Trinajstić information content (AvgIpc) is 2.40. The van der Waals surface area contributed by atoms with Crippen molar-refractivity contribution >= 4 is 15.9 Å². The van der Waals surface area contributed by atoms with Crippen molar-refractivity contribution < 1.29 is 0 Å². The summed E-state index contributed by atoms with van der Waals surface area (Å²) in [6.45, 7) is 4.33. The van der Waals surface area contributed by atoms with Crippen LogP contribution in [0.2, 0.25) is 0 Å². The molecule has 0 aliphatic rings. The van der Waals surface area contributed by atoms with Crippen LogP contribution in [0.5, 0.6) is 0 Å². The zero-order valence-corrected chi connectivity index (χ0v) is 12.2. The van der Waals surface area contributed by atoms with Crippen molar-refractivity contribution in [3.8, 4) is 0 Å².